The van der Waals surface area contributed by atoms with Gasteiger partial charge in [-0.15, -0.1) is 0 Å². The molecule has 1 aliphatic heterocycles. The van der Waals surface area contributed by atoms with Crippen LogP contribution in [0.3, 0.4) is 0 Å². The summed E-state index contributed by atoms with van der Waals surface area (Å²) < 4.78 is 0. The fourth-order valence-corrected chi connectivity index (χ4v) is 4.29. The fourth-order valence-electron chi connectivity index (χ4n) is 4.29. The summed E-state index contributed by atoms with van der Waals surface area (Å²) in [4.78, 5) is 13.8. The monoisotopic (exact) mass is 250 g/mol. The molecule has 3 nitrogen and oxygen atoms in total. The summed E-state index contributed by atoms with van der Waals surface area (Å²) in [6.07, 6.45) is 10.8. The Bertz CT molecular complexity index is 318. The van der Waals surface area contributed by atoms with Crippen molar-refractivity contribution in [2.75, 3.05) is 13.6 Å². The Hall–Kier alpha value is -0.570. The first-order valence-electron chi connectivity index (χ1n) is 7.75. The maximum absolute atomic E-state index is 11.9. The number of hydrogen-bond donors (Lipinski definition) is 1. The van der Waals surface area contributed by atoms with Crippen molar-refractivity contribution in [3.05, 3.63) is 0 Å². The molecule has 1 N–H and O–H groups in total. The van der Waals surface area contributed by atoms with Gasteiger partial charge in [0.1, 0.15) is 0 Å². The van der Waals surface area contributed by atoms with Crippen molar-refractivity contribution in [1.29, 1.82) is 0 Å². The van der Waals surface area contributed by atoms with Crippen LogP contribution in [-0.2, 0) is 4.79 Å². The Labute approximate surface area is 110 Å². The number of rotatable bonds is 2. The summed E-state index contributed by atoms with van der Waals surface area (Å²) in [5, 5.41) is 3.64. The first-order valence-corrected chi connectivity index (χ1v) is 7.75. The van der Waals surface area contributed by atoms with Gasteiger partial charge in [-0.25, -0.2) is 0 Å². The number of nitrogens with one attached hydrogen (secondary N) is 1. The number of likely N-dealkylation sites (tertiary alicyclic amines) is 1. The van der Waals surface area contributed by atoms with Gasteiger partial charge in [-0.2, -0.15) is 0 Å². The van der Waals surface area contributed by atoms with Gasteiger partial charge >= 0.3 is 0 Å². The predicted molar refractivity (Wildman–Crippen MR) is 72.3 cm³/mol. The highest BCUT2D eigenvalue weighted by Gasteiger charge is 2.35. The van der Waals surface area contributed by atoms with Crippen LogP contribution >= 0.6 is 0 Å². The van der Waals surface area contributed by atoms with Crippen molar-refractivity contribution in [3.63, 3.8) is 0 Å². The van der Waals surface area contributed by atoms with Crippen LogP contribution in [0.4, 0.5) is 0 Å². The molecule has 3 heteroatoms. The van der Waals surface area contributed by atoms with E-state index in [1.807, 2.05) is 11.9 Å². The molecule has 1 saturated heterocycles. The first kappa shape index (κ1) is 12.5. The second kappa shape index (κ2) is 5.20. The van der Waals surface area contributed by atoms with Gasteiger partial charge in [0.05, 0.1) is 6.04 Å². The number of hydrogen-bond acceptors (Lipinski definition) is 2. The van der Waals surface area contributed by atoms with Gasteiger partial charge in [0.25, 0.3) is 0 Å². The van der Waals surface area contributed by atoms with Crippen LogP contribution in [0.2, 0.25) is 0 Å². The first-order chi connectivity index (χ1) is 8.74. The van der Waals surface area contributed by atoms with Crippen LogP contribution in [0.15, 0.2) is 0 Å². The number of fused-ring (bicyclic) bond motifs is 1. The van der Waals surface area contributed by atoms with Crippen LogP contribution in [0.25, 0.3) is 0 Å². The zero-order valence-corrected chi connectivity index (χ0v) is 11.5. The highest BCUT2D eigenvalue weighted by atomic mass is 16.2. The summed E-state index contributed by atoms with van der Waals surface area (Å²) in [6, 6.07) is 0.713. The molecule has 0 aromatic carbocycles. The predicted octanol–water partition coefficient (Wildman–Crippen LogP) is 2.17. The Morgan fingerprint density at radius 3 is 2.56 bits per heavy atom. The van der Waals surface area contributed by atoms with Crippen molar-refractivity contribution in [2.45, 2.75) is 63.5 Å². The molecule has 4 unspecified atom stereocenters. The Morgan fingerprint density at radius 2 is 1.83 bits per heavy atom. The van der Waals surface area contributed by atoms with Crippen molar-refractivity contribution in [3.8, 4) is 0 Å². The quantitative estimate of drug-likeness (QED) is 0.814. The van der Waals surface area contributed by atoms with Crippen molar-refractivity contribution in [1.82, 2.24) is 10.2 Å². The van der Waals surface area contributed by atoms with Gasteiger partial charge in [-0.05, 0) is 37.5 Å². The molecule has 1 amide bonds. The van der Waals surface area contributed by atoms with Crippen molar-refractivity contribution >= 4 is 5.91 Å². The van der Waals surface area contributed by atoms with Crippen molar-refractivity contribution < 1.29 is 4.79 Å². The molecule has 0 bridgehead atoms. The van der Waals surface area contributed by atoms with Gasteiger partial charge in [-0.3, -0.25) is 4.79 Å². The van der Waals surface area contributed by atoms with E-state index in [1.54, 1.807) is 0 Å². The second-order valence-electron chi connectivity index (χ2n) is 6.58. The normalized spacial score (nSPS) is 40.9. The number of nitrogens with zero attached hydrogens (tertiary/aromatic N) is 1. The molecule has 0 radical (unpaired) electrons. The number of carbonyl (C=O) groups excluding carboxylic acids is 1. The molecule has 1 heterocycles. The molecule has 2 saturated carbocycles. The van der Waals surface area contributed by atoms with E-state index in [1.165, 1.54) is 44.9 Å². The van der Waals surface area contributed by atoms with Gasteiger partial charge < -0.3 is 10.2 Å². The lowest BCUT2D eigenvalue weighted by atomic mass is 9.69. The van der Waals surface area contributed by atoms with Crippen LogP contribution in [0, 0.1) is 11.8 Å². The SMILES string of the molecule is CN1CCC(NC2CCC3CCCCC3C2)C1=O. The molecular weight excluding hydrogens is 224 g/mol. The lowest BCUT2D eigenvalue weighted by Crippen LogP contribution is -2.46. The summed E-state index contributed by atoms with van der Waals surface area (Å²) in [6.45, 7) is 0.926. The fraction of sp³-hybridized carbons (Fsp3) is 0.933. The summed E-state index contributed by atoms with van der Waals surface area (Å²) in [5.74, 6) is 2.25. The zero-order valence-electron chi connectivity index (χ0n) is 11.5. The second-order valence-corrected chi connectivity index (χ2v) is 6.58. The number of likely N-dealkylation sites (N-methyl/N-ethyl adjacent to an activating group) is 1. The van der Waals surface area contributed by atoms with E-state index < -0.39 is 0 Å². The van der Waals surface area contributed by atoms with Gasteiger partial charge in [0.2, 0.25) is 5.91 Å². The standard InChI is InChI=1S/C15H26N2O/c1-17-9-8-14(15(17)18)16-13-7-6-11-4-2-3-5-12(11)10-13/h11-14,16H,2-10H2,1H3. The minimum absolute atomic E-state index is 0.111. The third kappa shape index (κ3) is 2.42. The van der Waals surface area contributed by atoms with Crippen molar-refractivity contribution in [2.24, 2.45) is 11.8 Å². The smallest absolute Gasteiger partial charge is 0.239 e. The molecule has 2 aliphatic carbocycles. The molecule has 0 aromatic heterocycles. The molecular formula is C15H26N2O. The largest absolute Gasteiger partial charge is 0.344 e. The van der Waals surface area contributed by atoms with E-state index in [-0.39, 0.29) is 6.04 Å². The van der Waals surface area contributed by atoms with E-state index in [2.05, 4.69) is 5.32 Å². The summed E-state index contributed by atoms with van der Waals surface area (Å²) in [7, 11) is 1.92. The average molecular weight is 250 g/mol. The van der Waals surface area contributed by atoms with Gasteiger partial charge in [0, 0.05) is 19.6 Å². The minimum atomic E-state index is 0.111. The third-order valence-corrected chi connectivity index (χ3v) is 5.40. The average Bonchev–Trinajstić information content (AvgIpc) is 2.71. The summed E-state index contributed by atoms with van der Waals surface area (Å²) >= 11 is 0. The molecule has 18 heavy (non-hydrogen) atoms. The molecule has 3 aliphatic rings. The van der Waals surface area contributed by atoms with Gasteiger partial charge in [0.15, 0.2) is 0 Å². The van der Waals surface area contributed by atoms with Crippen LogP contribution in [0.1, 0.15) is 51.4 Å². The van der Waals surface area contributed by atoms with E-state index in [9.17, 15) is 4.79 Å². The maximum Gasteiger partial charge on any atom is 0.239 e. The molecule has 4 atom stereocenters. The van der Waals surface area contributed by atoms with Crippen LogP contribution in [-0.4, -0.2) is 36.5 Å². The third-order valence-electron chi connectivity index (χ3n) is 5.40. The highest BCUT2D eigenvalue weighted by Crippen LogP contribution is 2.40. The summed E-state index contributed by atoms with van der Waals surface area (Å²) in [5.41, 5.74) is 0. The van der Waals surface area contributed by atoms with E-state index in [0.717, 1.165) is 24.8 Å². The molecule has 0 aromatic rings. The van der Waals surface area contributed by atoms with Crippen LogP contribution in [0.5, 0.6) is 0 Å². The lowest BCUT2D eigenvalue weighted by molar-refractivity contribution is -0.128. The Balaban J connectivity index is 1.53. The van der Waals surface area contributed by atoms with Crippen LogP contribution < -0.4 is 5.32 Å². The molecule has 3 fully saturated rings. The van der Waals surface area contributed by atoms with E-state index in [0.29, 0.717) is 11.9 Å². The maximum atomic E-state index is 11.9. The molecule has 0 spiro atoms. The Kier molecular flexibility index (Phi) is 3.60. The number of carbonyl (C=O) groups is 1. The molecule has 3 rings (SSSR count). The molecule has 102 valence electrons. The number of amides is 1. The highest BCUT2D eigenvalue weighted by molar-refractivity contribution is 5.83. The zero-order chi connectivity index (χ0) is 12.5. The topological polar surface area (TPSA) is 32.3 Å². The minimum Gasteiger partial charge on any atom is -0.344 e. The van der Waals surface area contributed by atoms with E-state index >= 15 is 0 Å². The Morgan fingerprint density at radius 1 is 1.06 bits per heavy atom. The van der Waals surface area contributed by atoms with Gasteiger partial charge in [-0.1, -0.05) is 25.7 Å². The lowest BCUT2D eigenvalue weighted by Gasteiger charge is -2.40. The van der Waals surface area contributed by atoms with E-state index in [4.69, 9.17) is 0 Å².